The summed E-state index contributed by atoms with van der Waals surface area (Å²) in [5, 5.41) is 8.41. The van der Waals surface area contributed by atoms with E-state index in [0.717, 1.165) is 79.3 Å². The molecular formula is C33H26Cl2N6O. The number of aromatic nitrogens is 2. The molecule has 5 aromatic rings. The van der Waals surface area contributed by atoms with Crippen molar-refractivity contribution >= 4 is 63.3 Å². The maximum absolute atomic E-state index is 12.2. The normalized spacial score (nSPS) is 12.9. The molecule has 0 aliphatic carbocycles. The number of amides is 1. The molecule has 4 aromatic carbocycles. The Morgan fingerprint density at radius 2 is 1.29 bits per heavy atom. The minimum atomic E-state index is -0.190. The first-order valence-corrected chi connectivity index (χ1v) is 14.1. The molecule has 1 aromatic heterocycles. The predicted molar refractivity (Wildman–Crippen MR) is 171 cm³/mol. The first-order chi connectivity index (χ1) is 20.4. The molecule has 9 heteroatoms. The summed E-state index contributed by atoms with van der Waals surface area (Å²) in [4.78, 5) is 21.5. The topological polar surface area (TPSA) is 97.7 Å². The molecule has 7 rings (SSSR count). The summed E-state index contributed by atoms with van der Waals surface area (Å²) in [5.41, 5.74) is 15.9. The first kappa shape index (κ1) is 27.4. The Hall–Kier alpha value is -4.72. The number of carbonyl (C=O) groups is 1. The van der Waals surface area contributed by atoms with E-state index in [2.05, 4.69) is 20.4 Å². The molecule has 0 fully saturated rings. The van der Waals surface area contributed by atoms with Crippen molar-refractivity contribution in [2.75, 3.05) is 11.1 Å². The Morgan fingerprint density at radius 1 is 0.762 bits per heavy atom. The number of benzene rings is 4. The Labute approximate surface area is 253 Å². The van der Waals surface area contributed by atoms with Crippen LogP contribution in [0.25, 0.3) is 0 Å². The van der Waals surface area contributed by atoms with Crippen LogP contribution in [0.4, 0.5) is 22.7 Å². The summed E-state index contributed by atoms with van der Waals surface area (Å²) >= 11 is 12.4. The van der Waals surface area contributed by atoms with Gasteiger partial charge in [0.25, 0.3) is 5.91 Å². The van der Waals surface area contributed by atoms with E-state index in [0.29, 0.717) is 5.69 Å². The maximum atomic E-state index is 12.2. The largest absolute Gasteiger partial charge is 0.399 e. The second-order valence-electron chi connectivity index (χ2n) is 9.94. The average Bonchev–Trinajstić information content (AvgIpc) is 3.73. The number of nitrogens with one attached hydrogen (secondary N) is 1. The van der Waals surface area contributed by atoms with E-state index >= 15 is 0 Å². The fraction of sp³-hybridized carbons (Fsp3) is 0.0909. The number of halogens is 2. The minimum Gasteiger partial charge on any atom is -0.399 e. The van der Waals surface area contributed by atoms with Gasteiger partial charge in [-0.25, -0.2) is 0 Å². The summed E-state index contributed by atoms with van der Waals surface area (Å²) in [6, 6.07) is 28.7. The van der Waals surface area contributed by atoms with Gasteiger partial charge in [0.1, 0.15) is 5.69 Å². The molecule has 0 spiro atoms. The van der Waals surface area contributed by atoms with Gasteiger partial charge >= 0.3 is 0 Å². The summed E-state index contributed by atoms with van der Waals surface area (Å²) < 4.78 is 1.54. The highest BCUT2D eigenvalue weighted by Gasteiger charge is 2.19. The molecule has 0 atom stereocenters. The predicted octanol–water partition coefficient (Wildman–Crippen LogP) is 7.60. The van der Waals surface area contributed by atoms with Crippen LogP contribution in [0.15, 0.2) is 107 Å². The fourth-order valence-electron chi connectivity index (χ4n) is 4.91. The molecule has 0 saturated carbocycles. The average molecular weight is 594 g/mol. The van der Waals surface area contributed by atoms with Gasteiger partial charge in [-0.3, -0.25) is 19.5 Å². The highest BCUT2D eigenvalue weighted by atomic mass is 35.5. The summed E-state index contributed by atoms with van der Waals surface area (Å²) in [6.45, 7) is 0. The first-order valence-electron chi connectivity index (χ1n) is 13.3. The molecule has 42 heavy (non-hydrogen) atoms. The SMILES string of the molecule is Cn1nccc1C(=O)Nc1ccc(C2=Nc3cccc(Cl)c3C2)cc1.Nc1ccc(C2=Nc3cccc(Cl)c3C2)cc1. The molecule has 2 aliphatic heterocycles. The third-order valence-electron chi connectivity index (χ3n) is 7.16. The van der Waals surface area contributed by atoms with Crippen LogP contribution in [-0.4, -0.2) is 27.1 Å². The van der Waals surface area contributed by atoms with Crippen LogP contribution in [0.5, 0.6) is 0 Å². The number of carbonyl (C=O) groups excluding carboxylic acids is 1. The van der Waals surface area contributed by atoms with Crippen molar-refractivity contribution in [2.45, 2.75) is 12.8 Å². The quantitative estimate of drug-likeness (QED) is 0.210. The van der Waals surface area contributed by atoms with Crippen LogP contribution in [0.1, 0.15) is 32.7 Å². The lowest BCUT2D eigenvalue weighted by Gasteiger charge is -2.07. The number of rotatable bonds is 4. The van der Waals surface area contributed by atoms with Gasteiger partial charge in [0.05, 0.1) is 22.8 Å². The molecule has 0 radical (unpaired) electrons. The van der Waals surface area contributed by atoms with E-state index < -0.39 is 0 Å². The van der Waals surface area contributed by atoms with E-state index in [1.54, 1.807) is 19.3 Å². The van der Waals surface area contributed by atoms with Crippen molar-refractivity contribution in [3.63, 3.8) is 0 Å². The van der Waals surface area contributed by atoms with Gasteiger partial charge in [-0.2, -0.15) is 5.10 Å². The highest BCUT2D eigenvalue weighted by Crippen LogP contribution is 2.35. The highest BCUT2D eigenvalue weighted by molar-refractivity contribution is 6.33. The van der Waals surface area contributed by atoms with E-state index in [4.69, 9.17) is 28.9 Å². The van der Waals surface area contributed by atoms with Gasteiger partial charge in [-0.1, -0.05) is 59.6 Å². The third-order valence-corrected chi connectivity index (χ3v) is 7.87. The number of aliphatic imine (C=N–C) groups is 2. The lowest BCUT2D eigenvalue weighted by atomic mass is 10.0. The Morgan fingerprint density at radius 3 is 1.76 bits per heavy atom. The molecular weight excluding hydrogens is 567 g/mol. The van der Waals surface area contributed by atoms with E-state index in [1.165, 1.54) is 4.68 Å². The Balaban J connectivity index is 0.000000162. The van der Waals surface area contributed by atoms with Gasteiger partial charge < -0.3 is 11.1 Å². The summed E-state index contributed by atoms with van der Waals surface area (Å²) in [7, 11) is 1.74. The van der Waals surface area contributed by atoms with Gasteiger partial charge in [0, 0.05) is 58.6 Å². The molecule has 0 unspecified atom stereocenters. The molecule has 208 valence electrons. The lowest BCUT2D eigenvalue weighted by molar-refractivity contribution is 0.101. The number of nitrogen functional groups attached to an aromatic ring is 1. The van der Waals surface area contributed by atoms with Gasteiger partial charge in [0.15, 0.2) is 0 Å². The van der Waals surface area contributed by atoms with Crippen LogP contribution in [0, 0.1) is 0 Å². The molecule has 3 N–H and O–H groups in total. The number of nitrogens with zero attached hydrogens (tertiary/aromatic N) is 4. The van der Waals surface area contributed by atoms with Crippen molar-refractivity contribution in [3.8, 4) is 0 Å². The summed E-state index contributed by atoms with van der Waals surface area (Å²) in [5.74, 6) is -0.190. The van der Waals surface area contributed by atoms with Crippen LogP contribution in [-0.2, 0) is 19.9 Å². The van der Waals surface area contributed by atoms with Crippen molar-refractivity contribution in [1.82, 2.24) is 9.78 Å². The molecule has 3 heterocycles. The Kier molecular flexibility index (Phi) is 7.61. The minimum absolute atomic E-state index is 0.190. The Bertz CT molecular complexity index is 1860. The van der Waals surface area contributed by atoms with Crippen molar-refractivity contribution < 1.29 is 4.79 Å². The number of hydrogen-bond acceptors (Lipinski definition) is 5. The van der Waals surface area contributed by atoms with Crippen molar-refractivity contribution in [3.05, 3.63) is 135 Å². The maximum Gasteiger partial charge on any atom is 0.273 e. The number of aryl methyl sites for hydroxylation is 1. The standard InChI is InChI=1S/C19H15ClN4O.C14H11ClN2/c1-24-18(9-10-21-24)19(25)22-13-7-5-12(6-8-13)17-11-14-15(20)3-2-4-16(14)23-17;15-12-2-1-3-13-11(12)8-14(17-13)9-4-6-10(16)7-5-9/h2-10H,11H2,1H3,(H,22,25);1-7H,8,16H2. The van der Waals surface area contributed by atoms with Crippen LogP contribution >= 0.6 is 23.2 Å². The van der Waals surface area contributed by atoms with E-state index in [1.807, 2.05) is 84.9 Å². The number of anilines is 2. The third kappa shape index (κ3) is 5.70. The monoisotopic (exact) mass is 592 g/mol. The zero-order valence-corrected chi connectivity index (χ0v) is 24.2. The summed E-state index contributed by atoms with van der Waals surface area (Å²) in [6.07, 6.45) is 3.10. The van der Waals surface area contributed by atoms with Crippen molar-refractivity contribution in [1.29, 1.82) is 0 Å². The zero-order valence-electron chi connectivity index (χ0n) is 22.7. The number of nitrogens with two attached hydrogens (primary N) is 1. The second kappa shape index (κ2) is 11.6. The van der Waals surface area contributed by atoms with E-state index in [-0.39, 0.29) is 5.91 Å². The number of hydrogen-bond donors (Lipinski definition) is 2. The number of fused-ring (bicyclic) bond motifs is 2. The van der Waals surface area contributed by atoms with E-state index in [9.17, 15) is 4.79 Å². The molecule has 0 saturated heterocycles. The van der Waals surface area contributed by atoms with Gasteiger partial charge in [-0.15, -0.1) is 0 Å². The van der Waals surface area contributed by atoms with Gasteiger partial charge in [0.2, 0.25) is 0 Å². The van der Waals surface area contributed by atoms with Crippen LogP contribution in [0.3, 0.4) is 0 Å². The fourth-order valence-corrected chi connectivity index (χ4v) is 5.38. The van der Waals surface area contributed by atoms with Crippen molar-refractivity contribution in [2.24, 2.45) is 17.0 Å². The molecule has 7 nitrogen and oxygen atoms in total. The zero-order chi connectivity index (χ0) is 29.2. The molecule has 2 aliphatic rings. The van der Waals surface area contributed by atoms with Gasteiger partial charge in [-0.05, 0) is 65.7 Å². The van der Waals surface area contributed by atoms with Crippen LogP contribution < -0.4 is 11.1 Å². The lowest BCUT2D eigenvalue weighted by Crippen LogP contribution is -2.16. The second-order valence-corrected chi connectivity index (χ2v) is 10.8. The molecule has 1 amide bonds. The van der Waals surface area contributed by atoms with Crippen LogP contribution in [0.2, 0.25) is 10.0 Å². The molecule has 0 bridgehead atoms. The smallest absolute Gasteiger partial charge is 0.273 e.